The summed E-state index contributed by atoms with van der Waals surface area (Å²) in [7, 11) is 0. The lowest BCUT2D eigenvalue weighted by Crippen LogP contribution is -2.42. The number of hydrogen-bond donors (Lipinski definition) is 5. The summed E-state index contributed by atoms with van der Waals surface area (Å²) >= 11 is 0. The first-order valence-electron chi connectivity index (χ1n) is 5.76. The summed E-state index contributed by atoms with van der Waals surface area (Å²) in [4.78, 5) is 27.1. The highest BCUT2D eigenvalue weighted by atomic mass is 16.3. The Morgan fingerprint density at radius 2 is 1.57 bits per heavy atom. The summed E-state index contributed by atoms with van der Waals surface area (Å²) in [6.45, 7) is 0. The summed E-state index contributed by atoms with van der Waals surface area (Å²) in [5, 5.41) is 28.2. The lowest BCUT2D eigenvalue weighted by Gasteiger charge is -2.09. The van der Waals surface area contributed by atoms with Crippen molar-refractivity contribution in [2.45, 2.75) is 0 Å². The number of pyridine rings is 1. The van der Waals surface area contributed by atoms with Crippen LogP contribution in [0.4, 0.5) is 0 Å². The molecular formula is C13H11N3O5. The van der Waals surface area contributed by atoms with Crippen LogP contribution < -0.4 is 10.9 Å². The van der Waals surface area contributed by atoms with E-state index < -0.39 is 23.3 Å². The number of amides is 2. The molecule has 0 aliphatic rings. The molecule has 2 aromatic rings. The fourth-order valence-electron chi connectivity index (χ4n) is 1.53. The Balaban J connectivity index is 2.06. The molecule has 108 valence electrons. The molecule has 1 aromatic heterocycles. The molecule has 2 amide bonds. The normalized spacial score (nSPS) is 9.90. The van der Waals surface area contributed by atoms with Gasteiger partial charge >= 0.3 is 0 Å². The third kappa shape index (κ3) is 3.00. The molecule has 0 fully saturated rings. The van der Waals surface area contributed by atoms with Crippen molar-refractivity contribution in [1.82, 2.24) is 15.8 Å². The lowest BCUT2D eigenvalue weighted by molar-refractivity contribution is 0.0840. The number of phenolic OH excluding ortho intramolecular Hbond substituents is 2. The second kappa shape index (κ2) is 5.78. The van der Waals surface area contributed by atoms with Gasteiger partial charge < -0.3 is 15.3 Å². The highest BCUT2D eigenvalue weighted by molar-refractivity contribution is 6.01. The Morgan fingerprint density at radius 3 is 2.29 bits per heavy atom. The number of para-hydroxylation sites is 1. The maximum atomic E-state index is 11.8. The maximum absolute atomic E-state index is 11.8. The molecule has 0 aliphatic carbocycles. The summed E-state index contributed by atoms with van der Waals surface area (Å²) in [5.74, 6) is -3.08. The Bertz CT molecular complexity index is 702. The second-order valence-corrected chi connectivity index (χ2v) is 3.95. The molecule has 5 N–H and O–H groups in total. The van der Waals surface area contributed by atoms with Crippen LogP contribution >= 0.6 is 0 Å². The first kappa shape index (κ1) is 14.1. The number of hydrogen-bond acceptors (Lipinski definition) is 6. The number of rotatable bonds is 2. The van der Waals surface area contributed by atoms with Gasteiger partial charge in [0.05, 0.1) is 5.56 Å². The van der Waals surface area contributed by atoms with Gasteiger partial charge in [-0.1, -0.05) is 6.07 Å². The minimum atomic E-state index is -0.841. The van der Waals surface area contributed by atoms with E-state index >= 15 is 0 Å². The van der Waals surface area contributed by atoms with Gasteiger partial charge in [-0.25, -0.2) is 4.98 Å². The summed E-state index contributed by atoms with van der Waals surface area (Å²) < 4.78 is 0. The minimum Gasteiger partial charge on any atom is -0.505 e. The number of aromatic hydroxyl groups is 3. The molecule has 21 heavy (non-hydrogen) atoms. The van der Waals surface area contributed by atoms with Crippen molar-refractivity contribution in [3.05, 3.63) is 47.8 Å². The number of aromatic nitrogens is 1. The molecule has 0 atom stereocenters. The predicted molar refractivity (Wildman–Crippen MR) is 70.6 cm³/mol. The summed E-state index contributed by atoms with van der Waals surface area (Å²) in [6, 6.07) is 6.53. The fraction of sp³-hybridized carbons (Fsp3) is 0. The Kier molecular flexibility index (Phi) is 3.89. The second-order valence-electron chi connectivity index (χ2n) is 3.95. The van der Waals surface area contributed by atoms with Gasteiger partial charge in [-0.3, -0.25) is 20.4 Å². The number of hydrazine groups is 1. The Labute approximate surface area is 118 Å². The highest BCUT2D eigenvalue weighted by Gasteiger charge is 2.16. The molecule has 0 saturated heterocycles. The van der Waals surface area contributed by atoms with E-state index in [4.69, 9.17) is 0 Å². The van der Waals surface area contributed by atoms with Crippen LogP contribution in [0.25, 0.3) is 0 Å². The van der Waals surface area contributed by atoms with Gasteiger partial charge in [0.25, 0.3) is 11.8 Å². The SMILES string of the molecule is O=C(NNC(=O)c1ncccc1O)c1cccc(O)c1O. The van der Waals surface area contributed by atoms with Crippen LogP contribution in [0, 0.1) is 0 Å². The van der Waals surface area contributed by atoms with Crippen molar-refractivity contribution in [2.24, 2.45) is 0 Å². The van der Waals surface area contributed by atoms with Gasteiger partial charge in [0.2, 0.25) is 0 Å². The van der Waals surface area contributed by atoms with E-state index in [0.29, 0.717) is 0 Å². The predicted octanol–water partition coefficient (Wildman–Crippen LogP) is 0.273. The summed E-state index contributed by atoms with van der Waals surface area (Å²) in [5.41, 5.74) is 3.58. The topological polar surface area (TPSA) is 132 Å². The van der Waals surface area contributed by atoms with Crippen LogP contribution in [0.3, 0.4) is 0 Å². The van der Waals surface area contributed by atoms with Gasteiger partial charge in [-0.05, 0) is 24.3 Å². The largest absolute Gasteiger partial charge is 0.505 e. The van der Waals surface area contributed by atoms with Crippen LogP contribution in [0.2, 0.25) is 0 Å². The van der Waals surface area contributed by atoms with E-state index in [1.165, 1.54) is 36.5 Å². The quantitative estimate of drug-likeness (QED) is 0.398. The lowest BCUT2D eigenvalue weighted by atomic mass is 10.2. The third-order valence-corrected chi connectivity index (χ3v) is 2.55. The van der Waals surface area contributed by atoms with Gasteiger partial charge in [-0.15, -0.1) is 0 Å². The molecule has 8 nitrogen and oxygen atoms in total. The zero-order valence-corrected chi connectivity index (χ0v) is 10.6. The van der Waals surface area contributed by atoms with Crippen molar-refractivity contribution < 1.29 is 24.9 Å². The van der Waals surface area contributed by atoms with Crippen molar-refractivity contribution in [2.75, 3.05) is 0 Å². The maximum Gasteiger partial charge on any atom is 0.292 e. The van der Waals surface area contributed by atoms with Crippen molar-refractivity contribution >= 4 is 11.8 Å². The smallest absolute Gasteiger partial charge is 0.292 e. The summed E-state index contributed by atoms with van der Waals surface area (Å²) in [6.07, 6.45) is 1.30. The zero-order valence-electron chi connectivity index (χ0n) is 10.6. The standard InChI is InChI=1S/C13H11N3O5/c17-8-5-2-6-14-10(8)13(21)16-15-12(20)7-3-1-4-9(18)11(7)19/h1-6,17-19H,(H,15,20)(H,16,21). The molecule has 1 heterocycles. The molecule has 1 aromatic carbocycles. The number of benzene rings is 1. The van der Waals surface area contributed by atoms with Crippen LogP contribution in [-0.2, 0) is 0 Å². The molecule has 2 rings (SSSR count). The Morgan fingerprint density at radius 1 is 0.905 bits per heavy atom. The molecule has 0 bridgehead atoms. The first-order chi connectivity index (χ1) is 10.0. The van der Waals surface area contributed by atoms with Crippen LogP contribution in [0.5, 0.6) is 17.2 Å². The van der Waals surface area contributed by atoms with E-state index in [-0.39, 0.29) is 17.0 Å². The van der Waals surface area contributed by atoms with E-state index in [1.807, 2.05) is 10.9 Å². The number of nitrogens with one attached hydrogen (secondary N) is 2. The molecule has 0 spiro atoms. The van der Waals surface area contributed by atoms with Gasteiger partial charge in [0, 0.05) is 6.20 Å². The molecular weight excluding hydrogens is 278 g/mol. The van der Waals surface area contributed by atoms with Crippen molar-refractivity contribution in [1.29, 1.82) is 0 Å². The number of carbonyl (C=O) groups excluding carboxylic acids is 2. The van der Waals surface area contributed by atoms with E-state index in [2.05, 4.69) is 4.98 Å². The van der Waals surface area contributed by atoms with E-state index in [1.54, 1.807) is 0 Å². The average Bonchev–Trinajstić information content (AvgIpc) is 2.47. The van der Waals surface area contributed by atoms with E-state index in [0.717, 1.165) is 0 Å². The molecule has 8 heteroatoms. The molecule has 0 radical (unpaired) electrons. The van der Waals surface area contributed by atoms with Crippen LogP contribution in [-0.4, -0.2) is 32.1 Å². The Hall–Kier alpha value is -3.29. The zero-order chi connectivity index (χ0) is 15.4. The molecule has 0 saturated carbocycles. The molecule has 0 aliphatic heterocycles. The first-order valence-corrected chi connectivity index (χ1v) is 5.76. The monoisotopic (exact) mass is 289 g/mol. The van der Waals surface area contributed by atoms with E-state index in [9.17, 15) is 24.9 Å². The number of carbonyl (C=O) groups is 2. The van der Waals surface area contributed by atoms with Gasteiger partial charge in [0.1, 0.15) is 5.75 Å². The third-order valence-electron chi connectivity index (χ3n) is 2.55. The van der Waals surface area contributed by atoms with Gasteiger partial charge in [-0.2, -0.15) is 0 Å². The van der Waals surface area contributed by atoms with Crippen LogP contribution in [0.1, 0.15) is 20.8 Å². The number of nitrogens with zero attached hydrogens (tertiary/aromatic N) is 1. The highest BCUT2D eigenvalue weighted by Crippen LogP contribution is 2.27. The van der Waals surface area contributed by atoms with Crippen LogP contribution in [0.15, 0.2) is 36.5 Å². The van der Waals surface area contributed by atoms with Crippen molar-refractivity contribution in [3.8, 4) is 17.2 Å². The van der Waals surface area contributed by atoms with Gasteiger partial charge in [0.15, 0.2) is 17.2 Å². The average molecular weight is 289 g/mol. The minimum absolute atomic E-state index is 0.222. The molecule has 0 unspecified atom stereocenters. The van der Waals surface area contributed by atoms with Crippen molar-refractivity contribution in [3.63, 3.8) is 0 Å². The number of phenols is 2. The fourth-order valence-corrected chi connectivity index (χ4v) is 1.53.